The van der Waals surface area contributed by atoms with Crippen LogP contribution in [0, 0.1) is 0 Å². The highest BCUT2D eigenvalue weighted by atomic mass is 16.3. The monoisotopic (exact) mass is 360 g/mol. The number of hydrogen-bond acceptors (Lipinski definition) is 1. The van der Waals surface area contributed by atoms with Gasteiger partial charge in [0, 0.05) is 0 Å². The molecule has 0 heterocycles. The highest BCUT2D eigenvalue weighted by Gasteiger charge is 2.16. The first kappa shape index (κ1) is 23.1. The molecule has 26 heavy (non-hydrogen) atoms. The lowest BCUT2D eigenvalue weighted by atomic mass is 9.84. The quantitative estimate of drug-likeness (QED) is 0.293. The predicted molar refractivity (Wildman–Crippen MR) is 116 cm³/mol. The Labute approximate surface area is 163 Å². The molecule has 1 rings (SSSR count). The smallest absolute Gasteiger partial charge is 0.119 e. The largest absolute Gasteiger partial charge is 0.508 e. The van der Waals surface area contributed by atoms with Crippen molar-refractivity contribution in [2.75, 3.05) is 0 Å². The summed E-state index contributed by atoms with van der Waals surface area (Å²) in [5, 5.41) is 10.5. The average molecular weight is 361 g/mol. The number of aromatic hydroxyl groups is 1. The van der Waals surface area contributed by atoms with Gasteiger partial charge in [-0.05, 0) is 48.8 Å². The van der Waals surface area contributed by atoms with Crippen molar-refractivity contribution in [3.05, 3.63) is 29.3 Å². The predicted octanol–water partition coefficient (Wildman–Crippen LogP) is 8.54. The molecule has 1 N–H and O–H groups in total. The minimum atomic E-state index is 0.531. The molecular formula is C25H44O. The van der Waals surface area contributed by atoms with Crippen molar-refractivity contribution in [2.24, 2.45) is 0 Å². The lowest BCUT2D eigenvalue weighted by molar-refractivity contribution is 0.458. The van der Waals surface area contributed by atoms with Crippen LogP contribution in [0.3, 0.4) is 0 Å². The molecular weight excluding hydrogens is 316 g/mol. The Kier molecular flexibility index (Phi) is 13.4. The lowest BCUT2D eigenvalue weighted by Gasteiger charge is -2.21. The molecule has 0 amide bonds. The van der Waals surface area contributed by atoms with E-state index in [-0.39, 0.29) is 0 Å². The van der Waals surface area contributed by atoms with Crippen LogP contribution in [0.25, 0.3) is 0 Å². The number of hydrogen-bond donors (Lipinski definition) is 1. The van der Waals surface area contributed by atoms with Crippen molar-refractivity contribution < 1.29 is 5.11 Å². The van der Waals surface area contributed by atoms with Crippen molar-refractivity contribution in [1.29, 1.82) is 0 Å². The van der Waals surface area contributed by atoms with Gasteiger partial charge >= 0.3 is 0 Å². The maximum atomic E-state index is 10.5. The summed E-state index contributed by atoms with van der Waals surface area (Å²) in [5.41, 5.74) is 2.68. The number of phenolic OH excluding ortho intramolecular Hbond substituents is 1. The van der Waals surface area contributed by atoms with Crippen LogP contribution in [-0.4, -0.2) is 5.11 Å². The van der Waals surface area contributed by atoms with E-state index in [2.05, 4.69) is 26.8 Å². The first-order valence-electron chi connectivity index (χ1n) is 11.5. The van der Waals surface area contributed by atoms with Gasteiger partial charge in [-0.3, -0.25) is 0 Å². The summed E-state index contributed by atoms with van der Waals surface area (Å²) >= 11 is 0. The van der Waals surface area contributed by atoms with E-state index in [0.717, 1.165) is 6.42 Å². The second kappa shape index (κ2) is 15.1. The Hall–Kier alpha value is -0.980. The van der Waals surface area contributed by atoms with E-state index in [9.17, 15) is 5.11 Å². The molecule has 1 aromatic rings. The number of benzene rings is 1. The van der Waals surface area contributed by atoms with Crippen LogP contribution in [0.4, 0.5) is 0 Å². The van der Waals surface area contributed by atoms with Crippen LogP contribution < -0.4 is 0 Å². The highest BCUT2D eigenvalue weighted by molar-refractivity contribution is 5.41. The molecule has 0 aliphatic rings. The van der Waals surface area contributed by atoms with Gasteiger partial charge in [0.25, 0.3) is 0 Å². The summed E-state index contributed by atoms with van der Waals surface area (Å²) in [4.78, 5) is 0. The van der Waals surface area contributed by atoms with Crippen LogP contribution in [0.15, 0.2) is 18.2 Å². The summed E-state index contributed by atoms with van der Waals surface area (Å²) in [6.45, 7) is 6.84. The molecule has 1 unspecified atom stereocenters. The van der Waals surface area contributed by atoms with Crippen LogP contribution >= 0.6 is 0 Å². The molecule has 1 atom stereocenters. The molecule has 0 aliphatic heterocycles. The molecule has 0 aromatic heterocycles. The van der Waals surface area contributed by atoms with Crippen LogP contribution in [0.5, 0.6) is 5.75 Å². The molecule has 0 bridgehead atoms. The minimum absolute atomic E-state index is 0.531. The molecule has 0 saturated heterocycles. The van der Waals surface area contributed by atoms with Gasteiger partial charge in [0.2, 0.25) is 0 Å². The molecule has 150 valence electrons. The van der Waals surface area contributed by atoms with E-state index in [0.29, 0.717) is 11.7 Å². The highest BCUT2D eigenvalue weighted by Crippen LogP contribution is 2.34. The van der Waals surface area contributed by atoms with Crippen LogP contribution in [0.2, 0.25) is 0 Å². The van der Waals surface area contributed by atoms with Gasteiger partial charge in [-0.1, -0.05) is 104 Å². The first-order valence-corrected chi connectivity index (χ1v) is 11.5. The zero-order valence-corrected chi connectivity index (χ0v) is 17.9. The van der Waals surface area contributed by atoms with Crippen molar-refractivity contribution in [3.8, 4) is 5.75 Å². The second-order valence-electron chi connectivity index (χ2n) is 8.05. The van der Waals surface area contributed by atoms with Gasteiger partial charge in [0.1, 0.15) is 5.75 Å². The van der Waals surface area contributed by atoms with Crippen molar-refractivity contribution in [3.63, 3.8) is 0 Å². The molecule has 0 fully saturated rings. The van der Waals surface area contributed by atoms with Crippen LogP contribution in [0.1, 0.15) is 128 Å². The van der Waals surface area contributed by atoms with E-state index in [1.54, 1.807) is 0 Å². The molecule has 0 aliphatic carbocycles. The fourth-order valence-electron chi connectivity index (χ4n) is 4.13. The van der Waals surface area contributed by atoms with E-state index >= 15 is 0 Å². The van der Waals surface area contributed by atoms with Crippen molar-refractivity contribution in [1.82, 2.24) is 0 Å². The second-order valence-corrected chi connectivity index (χ2v) is 8.05. The normalized spacial score (nSPS) is 12.4. The Morgan fingerprint density at radius 2 is 1.31 bits per heavy atom. The minimum Gasteiger partial charge on any atom is -0.508 e. The summed E-state index contributed by atoms with van der Waals surface area (Å²) in [6.07, 6.45) is 19.4. The lowest BCUT2D eigenvalue weighted by Crippen LogP contribution is -2.04. The number of phenols is 1. The van der Waals surface area contributed by atoms with Gasteiger partial charge in [-0.2, -0.15) is 0 Å². The topological polar surface area (TPSA) is 20.2 Å². The fourth-order valence-corrected chi connectivity index (χ4v) is 4.13. The summed E-state index contributed by atoms with van der Waals surface area (Å²) in [5.74, 6) is 1.16. The number of rotatable bonds is 16. The zero-order valence-electron chi connectivity index (χ0n) is 17.9. The van der Waals surface area contributed by atoms with Crippen LogP contribution in [-0.2, 0) is 6.42 Å². The molecule has 1 heteroatoms. The summed E-state index contributed by atoms with van der Waals surface area (Å²) < 4.78 is 0. The molecule has 1 nitrogen and oxygen atoms in total. The first-order chi connectivity index (χ1) is 12.7. The van der Waals surface area contributed by atoms with Crippen molar-refractivity contribution in [2.45, 2.75) is 123 Å². The Morgan fingerprint density at radius 3 is 1.96 bits per heavy atom. The summed E-state index contributed by atoms with van der Waals surface area (Å²) in [6, 6.07) is 6.23. The molecule has 0 saturated carbocycles. The van der Waals surface area contributed by atoms with E-state index in [1.807, 2.05) is 12.1 Å². The third kappa shape index (κ3) is 9.10. The van der Waals surface area contributed by atoms with Gasteiger partial charge < -0.3 is 5.11 Å². The Morgan fingerprint density at radius 1 is 0.692 bits per heavy atom. The van der Waals surface area contributed by atoms with Gasteiger partial charge in [-0.15, -0.1) is 0 Å². The van der Waals surface area contributed by atoms with E-state index in [4.69, 9.17) is 0 Å². The molecule has 1 aromatic carbocycles. The average Bonchev–Trinajstić information content (AvgIpc) is 2.64. The Bertz CT molecular complexity index is 451. The SMILES string of the molecule is CCCCCCCCCc1c(O)cccc1C(CCC)CCCCCC. The van der Waals surface area contributed by atoms with Gasteiger partial charge in [-0.25, -0.2) is 0 Å². The van der Waals surface area contributed by atoms with Gasteiger partial charge in [0.05, 0.1) is 0 Å². The molecule has 0 radical (unpaired) electrons. The maximum absolute atomic E-state index is 10.5. The zero-order chi connectivity index (χ0) is 19.0. The van der Waals surface area contributed by atoms with E-state index < -0.39 is 0 Å². The van der Waals surface area contributed by atoms with Gasteiger partial charge in [0.15, 0.2) is 0 Å². The number of unbranched alkanes of at least 4 members (excludes halogenated alkanes) is 9. The van der Waals surface area contributed by atoms with Crippen molar-refractivity contribution >= 4 is 0 Å². The fraction of sp³-hybridized carbons (Fsp3) is 0.760. The third-order valence-electron chi connectivity index (χ3n) is 5.70. The standard InChI is InChI=1S/C25H44O/c1-4-7-9-11-12-13-15-19-24-23(20-16-21-25(24)26)22(17-6-3)18-14-10-8-5-2/h16,20-22,26H,4-15,17-19H2,1-3H3. The Balaban J connectivity index is 2.60. The maximum Gasteiger partial charge on any atom is 0.119 e. The molecule has 0 spiro atoms. The van der Waals surface area contributed by atoms with E-state index in [1.165, 1.54) is 101 Å². The third-order valence-corrected chi connectivity index (χ3v) is 5.70. The summed E-state index contributed by atoms with van der Waals surface area (Å²) in [7, 11) is 0.